The van der Waals surface area contributed by atoms with E-state index >= 15 is 0 Å². The first-order valence-corrected chi connectivity index (χ1v) is 11.0. The van der Waals surface area contributed by atoms with Gasteiger partial charge in [-0.2, -0.15) is 0 Å². The zero-order chi connectivity index (χ0) is 23.5. The van der Waals surface area contributed by atoms with Gasteiger partial charge in [0.15, 0.2) is 5.78 Å². The Labute approximate surface area is 197 Å². The number of pyridine rings is 1. The van der Waals surface area contributed by atoms with Crippen LogP contribution in [0.15, 0.2) is 91.1 Å². The van der Waals surface area contributed by atoms with Crippen LogP contribution >= 0.6 is 0 Å². The van der Waals surface area contributed by atoms with Gasteiger partial charge in [0.1, 0.15) is 17.6 Å². The molecule has 5 rings (SSSR count). The van der Waals surface area contributed by atoms with Crippen LogP contribution in [0.2, 0.25) is 0 Å². The van der Waals surface area contributed by atoms with Crippen molar-refractivity contribution in [2.24, 2.45) is 5.73 Å². The van der Waals surface area contributed by atoms with Crippen LogP contribution < -0.4 is 15.2 Å². The molecule has 0 unspecified atom stereocenters. The smallest absolute Gasteiger partial charge is 0.248 e. The number of amides is 1. The van der Waals surface area contributed by atoms with Gasteiger partial charge in [0.05, 0.1) is 17.9 Å². The van der Waals surface area contributed by atoms with Crippen molar-refractivity contribution in [2.75, 3.05) is 6.61 Å². The van der Waals surface area contributed by atoms with E-state index in [0.29, 0.717) is 35.7 Å². The van der Waals surface area contributed by atoms with E-state index in [9.17, 15) is 9.59 Å². The van der Waals surface area contributed by atoms with Gasteiger partial charge in [-0.1, -0.05) is 42.5 Å². The van der Waals surface area contributed by atoms with Crippen molar-refractivity contribution in [3.63, 3.8) is 0 Å². The Morgan fingerprint density at radius 2 is 1.74 bits per heavy atom. The molecule has 6 nitrogen and oxygen atoms in total. The monoisotopic (exact) mass is 450 g/mol. The number of ether oxygens (including phenoxy) is 2. The van der Waals surface area contributed by atoms with E-state index in [1.54, 1.807) is 36.5 Å². The van der Waals surface area contributed by atoms with E-state index in [2.05, 4.69) is 4.98 Å². The topological polar surface area (TPSA) is 91.5 Å². The molecule has 0 bridgehead atoms. The molecule has 0 fully saturated rings. The van der Waals surface area contributed by atoms with Crippen molar-refractivity contribution in [1.82, 2.24) is 4.98 Å². The third-order valence-electron chi connectivity index (χ3n) is 5.75. The van der Waals surface area contributed by atoms with Crippen molar-refractivity contribution < 1.29 is 19.1 Å². The number of primary amides is 1. The number of fused-ring (bicyclic) bond motifs is 1. The number of hydrogen-bond donors (Lipinski definition) is 1. The Balaban J connectivity index is 1.54. The lowest BCUT2D eigenvalue weighted by molar-refractivity contribution is 0.0932. The number of rotatable bonds is 6. The van der Waals surface area contributed by atoms with Crippen LogP contribution in [0.3, 0.4) is 0 Å². The van der Waals surface area contributed by atoms with Crippen molar-refractivity contribution in [3.05, 3.63) is 113 Å². The highest BCUT2D eigenvalue weighted by molar-refractivity contribution is 5.99. The summed E-state index contributed by atoms with van der Waals surface area (Å²) < 4.78 is 12.1. The molecule has 0 aliphatic carbocycles. The second-order valence-corrected chi connectivity index (χ2v) is 8.00. The van der Waals surface area contributed by atoms with Gasteiger partial charge in [-0.05, 0) is 42.0 Å². The zero-order valence-corrected chi connectivity index (χ0v) is 18.3. The van der Waals surface area contributed by atoms with Gasteiger partial charge >= 0.3 is 0 Å². The number of carbonyl (C=O) groups is 2. The van der Waals surface area contributed by atoms with E-state index in [0.717, 1.165) is 22.4 Å². The highest BCUT2D eigenvalue weighted by Gasteiger charge is 2.22. The van der Waals surface area contributed by atoms with Gasteiger partial charge < -0.3 is 15.2 Å². The molecule has 34 heavy (non-hydrogen) atoms. The maximum Gasteiger partial charge on any atom is 0.248 e. The number of aromatic nitrogens is 1. The minimum atomic E-state index is -0.496. The second-order valence-electron chi connectivity index (χ2n) is 8.00. The summed E-state index contributed by atoms with van der Waals surface area (Å²) >= 11 is 0. The Hall–Kier alpha value is -4.45. The van der Waals surface area contributed by atoms with Crippen LogP contribution in [0, 0.1) is 0 Å². The first-order valence-electron chi connectivity index (χ1n) is 11.0. The molecule has 1 aliphatic heterocycles. The first-order chi connectivity index (χ1) is 16.6. The van der Waals surface area contributed by atoms with Gasteiger partial charge in [-0.3, -0.25) is 14.6 Å². The average molecular weight is 450 g/mol. The molecule has 168 valence electrons. The van der Waals surface area contributed by atoms with Crippen LogP contribution in [0.4, 0.5) is 0 Å². The maximum atomic E-state index is 12.2. The van der Waals surface area contributed by atoms with Crippen molar-refractivity contribution in [1.29, 1.82) is 0 Å². The fraction of sp³-hybridized carbons (Fsp3) is 0.107. The Morgan fingerprint density at radius 3 is 2.50 bits per heavy atom. The molecule has 0 saturated carbocycles. The van der Waals surface area contributed by atoms with Gasteiger partial charge in [-0.15, -0.1) is 0 Å². The maximum absolute atomic E-state index is 12.2. The summed E-state index contributed by atoms with van der Waals surface area (Å²) in [4.78, 5) is 28.2. The minimum absolute atomic E-state index is 0.0630. The molecule has 2 N–H and O–H groups in total. The Kier molecular flexibility index (Phi) is 5.79. The molecule has 0 saturated heterocycles. The second kappa shape index (κ2) is 9.19. The van der Waals surface area contributed by atoms with E-state index in [4.69, 9.17) is 15.2 Å². The number of nitrogens with zero attached hydrogens (tertiary/aromatic N) is 1. The van der Waals surface area contributed by atoms with Crippen molar-refractivity contribution in [2.45, 2.75) is 12.5 Å². The predicted octanol–water partition coefficient (Wildman–Crippen LogP) is 4.98. The van der Waals surface area contributed by atoms with E-state index < -0.39 is 12.0 Å². The fourth-order valence-corrected chi connectivity index (χ4v) is 3.98. The summed E-state index contributed by atoms with van der Waals surface area (Å²) in [5.41, 5.74) is 9.94. The highest BCUT2D eigenvalue weighted by Crippen LogP contribution is 2.34. The molecule has 1 aliphatic rings. The molecule has 3 aromatic carbocycles. The number of nitrogens with two attached hydrogens (primary N) is 1. The van der Waals surface area contributed by atoms with Crippen LogP contribution in [-0.4, -0.2) is 23.3 Å². The molecule has 1 aromatic heterocycles. The molecular weight excluding hydrogens is 428 g/mol. The number of benzene rings is 3. The highest BCUT2D eigenvalue weighted by atomic mass is 16.5. The molecular formula is C28H22N2O4. The fourth-order valence-electron chi connectivity index (χ4n) is 3.98. The standard InChI is InChI=1S/C28H22N2O4/c29-28(32)20-8-6-19(7-9-20)27(21-12-14-30-24(16-21)18-4-2-1-3-5-18)34-22-10-11-23-25(31)13-15-33-26(23)17-22/h1-12,14,16-17,27H,13,15H2,(H2,29,32)/t27-/m1/s1. The van der Waals surface area contributed by atoms with Crippen molar-refractivity contribution >= 4 is 11.7 Å². The summed E-state index contributed by atoms with van der Waals surface area (Å²) in [7, 11) is 0. The molecule has 6 heteroatoms. The van der Waals surface area contributed by atoms with Crippen LogP contribution in [0.1, 0.15) is 44.4 Å². The van der Waals surface area contributed by atoms with Crippen molar-refractivity contribution in [3.8, 4) is 22.8 Å². The number of carbonyl (C=O) groups excluding carboxylic acids is 2. The van der Waals surface area contributed by atoms with Gasteiger partial charge in [0.2, 0.25) is 5.91 Å². The van der Waals surface area contributed by atoms with E-state index in [1.165, 1.54) is 0 Å². The lowest BCUT2D eigenvalue weighted by Gasteiger charge is -2.23. The van der Waals surface area contributed by atoms with Crippen LogP contribution in [0.5, 0.6) is 11.5 Å². The number of hydrogen-bond acceptors (Lipinski definition) is 5. The molecule has 1 amide bonds. The summed E-state index contributed by atoms with van der Waals surface area (Å²) in [5, 5.41) is 0. The van der Waals surface area contributed by atoms with Crippen LogP contribution in [-0.2, 0) is 0 Å². The summed E-state index contributed by atoms with van der Waals surface area (Å²) in [6, 6.07) is 26.1. The third-order valence-corrected chi connectivity index (χ3v) is 5.75. The molecule has 0 radical (unpaired) electrons. The Morgan fingerprint density at radius 1 is 0.941 bits per heavy atom. The van der Waals surface area contributed by atoms with E-state index in [1.807, 2.05) is 54.6 Å². The average Bonchev–Trinajstić information content (AvgIpc) is 2.88. The van der Waals surface area contributed by atoms with Gasteiger partial charge in [0, 0.05) is 35.4 Å². The number of ketones is 1. The van der Waals surface area contributed by atoms with E-state index in [-0.39, 0.29) is 5.78 Å². The summed E-state index contributed by atoms with van der Waals surface area (Å²) in [6.07, 6.45) is 1.63. The summed E-state index contributed by atoms with van der Waals surface area (Å²) in [6.45, 7) is 0.359. The Bertz CT molecular complexity index is 1350. The lowest BCUT2D eigenvalue weighted by Crippen LogP contribution is -2.16. The first kappa shape index (κ1) is 21.4. The minimum Gasteiger partial charge on any atom is -0.492 e. The predicted molar refractivity (Wildman–Crippen MR) is 128 cm³/mol. The van der Waals surface area contributed by atoms with Crippen LogP contribution in [0.25, 0.3) is 11.3 Å². The third kappa shape index (κ3) is 4.38. The molecule has 4 aromatic rings. The zero-order valence-electron chi connectivity index (χ0n) is 18.3. The molecule has 1 atom stereocenters. The quantitative estimate of drug-likeness (QED) is 0.447. The van der Waals surface area contributed by atoms with Gasteiger partial charge in [-0.25, -0.2) is 0 Å². The summed E-state index contributed by atoms with van der Waals surface area (Å²) in [5.74, 6) is 0.663. The largest absolute Gasteiger partial charge is 0.492 e. The van der Waals surface area contributed by atoms with Gasteiger partial charge in [0.25, 0.3) is 0 Å². The molecule has 2 heterocycles. The molecule has 0 spiro atoms. The SMILES string of the molecule is NC(=O)c1ccc([C@@H](Oc2ccc3c(c2)OCCC3=O)c2ccnc(-c3ccccc3)c2)cc1. The normalized spacial score (nSPS) is 13.5. The number of Topliss-reactive ketones (excluding diaryl/α,β-unsaturated/α-hetero) is 1. The lowest BCUT2D eigenvalue weighted by atomic mass is 9.98.